The quantitative estimate of drug-likeness (QED) is 0.459. The monoisotopic (exact) mass is 430 g/mol. The van der Waals surface area contributed by atoms with Gasteiger partial charge in [-0.3, -0.25) is 0 Å². The van der Waals surface area contributed by atoms with Crippen LogP contribution in [0.5, 0.6) is 11.5 Å². The van der Waals surface area contributed by atoms with E-state index in [1.54, 1.807) is 0 Å². The van der Waals surface area contributed by atoms with Crippen LogP contribution < -0.4 is 5.32 Å². The summed E-state index contributed by atoms with van der Waals surface area (Å²) in [5.41, 5.74) is 2.50. The molecule has 0 unspecified atom stereocenters. The van der Waals surface area contributed by atoms with E-state index in [0.717, 1.165) is 11.1 Å². The number of rotatable bonds is 2. The number of nitrogens with one attached hydrogen (secondary N) is 1. The van der Waals surface area contributed by atoms with E-state index in [0.29, 0.717) is 35.2 Å². The van der Waals surface area contributed by atoms with Crippen LogP contribution in [0.3, 0.4) is 0 Å². The number of benzene rings is 2. The molecule has 1 heterocycles. The van der Waals surface area contributed by atoms with Gasteiger partial charge in [0, 0.05) is 18.1 Å². The summed E-state index contributed by atoms with van der Waals surface area (Å²) >= 11 is 23.8. The molecule has 0 amide bonds. The molecule has 4 nitrogen and oxygen atoms in total. The predicted molar refractivity (Wildman–Crippen MR) is 110 cm³/mol. The molecule has 0 saturated carbocycles. The molecule has 138 valence electrons. The van der Waals surface area contributed by atoms with Crippen molar-refractivity contribution in [2.45, 2.75) is 25.9 Å². The molecule has 3 rings (SSSR count). The van der Waals surface area contributed by atoms with Crippen molar-refractivity contribution >= 4 is 52.1 Å². The van der Waals surface area contributed by atoms with E-state index in [-0.39, 0.29) is 21.8 Å². The normalized spacial score (nSPS) is 14.7. The Kier molecular flexibility index (Phi) is 5.72. The van der Waals surface area contributed by atoms with Crippen LogP contribution in [0.15, 0.2) is 24.3 Å². The minimum atomic E-state index is -0.398. The van der Waals surface area contributed by atoms with Crippen molar-refractivity contribution in [3.05, 3.63) is 56.0 Å². The summed E-state index contributed by atoms with van der Waals surface area (Å²) in [4.78, 5) is 1.96. The standard InChI is InChI=1S/C18H17Cl3N2O2S/c1-9(10-2-4-11(19)5-3-10)22-18(26)23-7-6-12-13(8-23)15(21)17(25)16(24)14(12)20/h2-5,9,24-25H,6-8H2,1H3,(H,22,26)/t9-/m0/s1. The number of hydrogen-bond acceptors (Lipinski definition) is 3. The lowest BCUT2D eigenvalue weighted by Crippen LogP contribution is -2.43. The van der Waals surface area contributed by atoms with Crippen molar-refractivity contribution in [3.63, 3.8) is 0 Å². The van der Waals surface area contributed by atoms with Crippen LogP contribution in [0.1, 0.15) is 29.7 Å². The van der Waals surface area contributed by atoms with Gasteiger partial charge < -0.3 is 20.4 Å². The number of phenols is 2. The van der Waals surface area contributed by atoms with Gasteiger partial charge in [0.05, 0.1) is 16.1 Å². The highest BCUT2D eigenvalue weighted by atomic mass is 35.5. The minimum Gasteiger partial charge on any atom is -0.503 e. The van der Waals surface area contributed by atoms with Crippen LogP contribution >= 0.6 is 47.0 Å². The molecule has 0 bridgehead atoms. The molecule has 0 aromatic heterocycles. The maximum absolute atomic E-state index is 9.94. The Morgan fingerprint density at radius 1 is 1.08 bits per heavy atom. The van der Waals surface area contributed by atoms with E-state index in [4.69, 9.17) is 47.0 Å². The molecule has 26 heavy (non-hydrogen) atoms. The molecule has 0 radical (unpaired) electrons. The molecule has 0 fully saturated rings. The molecular weight excluding hydrogens is 415 g/mol. The highest BCUT2D eigenvalue weighted by Gasteiger charge is 2.28. The van der Waals surface area contributed by atoms with E-state index in [1.165, 1.54) is 0 Å². The molecule has 0 spiro atoms. The van der Waals surface area contributed by atoms with Crippen LogP contribution in [0.2, 0.25) is 15.1 Å². The summed E-state index contributed by atoms with van der Waals surface area (Å²) < 4.78 is 0. The van der Waals surface area contributed by atoms with Crippen molar-refractivity contribution in [2.24, 2.45) is 0 Å². The Labute approximate surface area is 172 Å². The fraction of sp³-hybridized carbons (Fsp3) is 0.278. The van der Waals surface area contributed by atoms with Crippen LogP contribution in [0.25, 0.3) is 0 Å². The number of phenolic OH excluding ortho intramolecular Hbond substituents is 2. The molecular formula is C18H17Cl3N2O2S. The van der Waals surface area contributed by atoms with Gasteiger partial charge in [-0.25, -0.2) is 0 Å². The van der Waals surface area contributed by atoms with Crippen molar-refractivity contribution in [3.8, 4) is 11.5 Å². The molecule has 0 saturated heterocycles. The van der Waals surface area contributed by atoms with Gasteiger partial charge in [0.25, 0.3) is 0 Å². The topological polar surface area (TPSA) is 55.7 Å². The number of aromatic hydroxyl groups is 2. The maximum Gasteiger partial charge on any atom is 0.178 e. The van der Waals surface area contributed by atoms with Gasteiger partial charge in [-0.1, -0.05) is 46.9 Å². The summed E-state index contributed by atoms with van der Waals surface area (Å²) in [6, 6.07) is 7.59. The van der Waals surface area contributed by atoms with E-state index >= 15 is 0 Å². The molecule has 3 N–H and O–H groups in total. The first kappa shape index (κ1) is 19.4. The summed E-state index contributed by atoms with van der Waals surface area (Å²) in [6.07, 6.45) is 0.568. The van der Waals surface area contributed by atoms with E-state index in [1.807, 2.05) is 36.1 Å². The molecule has 1 atom stereocenters. The van der Waals surface area contributed by atoms with Crippen molar-refractivity contribution < 1.29 is 10.2 Å². The van der Waals surface area contributed by atoms with Crippen molar-refractivity contribution in [1.29, 1.82) is 0 Å². The van der Waals surface area contributed by atoms with Crippen molar-refractivity contribution in [2.75, 3.05) is 6.54 Å². The lowest BCUT2D eigenvalue weighted by atomic mass is 9.98. The number of halogens is 3. The third kappa shape index (κ3) is 3.67. The third-order valence-corrected chi connectivity index (χ3v) is 5.95. The second-order valence-corrected chi connectivity index (χ2v) is 7.76. The SMILES string of the molecule is C[C@H](NC(=S)N1CCc2c(Cl)c(O)c(O)c(Cl)c2C1)c1ccc(Cl)cc1. The number of hydrogen-bond donors (Lipinski definition) is 3. The highest BCUT2D eigenvalue weighted by molar-refractivity contribution is 7.80. The molecule has 0 aliphatic carbocycles. The highest BCUT2D eigenvalue weighted by Crippen LogP contribution is 2.46. The van der Waals surface area contributed by atoms with E-state index < -0.39 is 5.75 Å². The Hall–Kier alpha value is -1.40. The molecule has 1 aliphatic rings. The average molecular weight is 432 g/mol. The van der Waals surface area contributed by atoms with Gasteiger partial charge in [0.1, 0.15) is 0 Å². The fourth-order valence-electron chi connectivity index (χ4n) is 2.99. The fourth-order valence-corrected chi connectivity index (χ4v) is 4.01. The average Bonchev–Trinajstić information content (AvgIpc) is 2.64. The summed E-state index contributed by atoms with van der Waals surface area (Å²) in [6.45, 7) is 3.05. The maximum atomic E-state index is 9.94. The first-order valence-corrected chi connectivity index (χ1v) is 9.55. The first-order valence-electron chi connectivity index (χ1n) is 8.01. The Balaban J connectivity index is 1.76. The Morgan fingerprint density at radius 3 is 2.27 bits per heavy atom. The summed E-state index contributed by atoms with van der Waals surface area (Å²) in [7, 11) is 0. The molecule has 2 aromatic rings. The van der Waals surface area contributed by atoms with Crippen LogP contribution in [0.4, 0.5) is 0 Å². The van der Waals surface area contributed by atoms with Gasteiger partial charge in [0.2, 0.25) is 0 Å². The van der Waals surface area contributed by atoms with E-state index in [9.17, 15) is 10.2 Å². The zero-order valence-electron chi connectivity index (χ0n) is 13.9. The zero-order valence-corrected chi connectivity index (χ0v) is 17.0. The molecule has 1 aliphatic heterocycles. The van der Waals surface area contributed by atoms with Gasteiger partial charge >= 0.3 is 0 Å². The van der Waals surface area contributed by atoms with Gasteiger partial charge in [-0.15, -0.1) is 0 Å². The van der Waals surface area contributed by atoms with Crippen molar-refractivity contribution in [1.82, 2.24) is 10.2 Å². The second-order valence-electron chi connectivity index (χ2n) is 6.18. The largest absolute Gasteiger partial charge is 0.503 e. The van der Waals surface area contributed by atoms with Gasteiger partial charge in [-0.05, 0) is 54.4 Å². The second kappa shape index (κ2) is 7.69. The van der Waals surface area contributed by atoms with Crippen LogP contribution in [-0.4, -0.2) is 26.8 Å². The van der Waals surface area contributed by atoms with E-state index in [2.05, 4.69) is 5.32 Å². The first-order chi connectivity index (χ1) is 12.3. The predicted octanol–water partition coefficient (Wildman–Crippen LogP) is 5.05. The van der Waals surface area contributed by atoms with Crippen LogP contribution in [0, 0.1) is 0 Å². The van der Waals surface area contributed by atoms with Crippen LogP contribution in [-0.2, 0) is 13.0 Å². The summed E-state index contributed by atoms with van der Waals surface area (Å²) in [5, 5.41) is 24.6. The Bertz CT molecular complexity index is 859. The van der Waals surface area contributed by atoms with Gasteiger partial charge in [-0.2, -0.15) is 0 Å². The zero-order chi connectivity index (χ0) is 19.0. The molecule has 2 aromatic carbocycles. The number of nitrogens with zero attached hydrogens (tertiary/aromatic N) is 1. The summed E-state index contributed by atoms with van der Waals surface area (Å²) in [5.74, 6) is -0.772. The smallest absolute Gasteiger partial charge is 0.178 e. The number of fused-ring (bicyclic) bond motifs is 1. The number of thiocarbonyl (C=S) groups is 1. The Morgan fingerprint density at radius 2 is 1.65 bits per heavy atom. The lowest BCUT2D eigenvalue weighted by molar-refractivity contribution is 0.372. The minimum absolute atomic E-state index is 0.00782. The third-order valence-electron chi connectivity index (χ3n) is 4.51. The van der Waals surface area contributed by atoms with Gasteiger partial charge in [0.15, 0.2) is 16.6 Å². The molecule has 8 heteroatoms. The lowest BCUT2D eigenvalue weighted by Gasteiger charge is -2.33.